The summed E-state index contributed by atoms with van der Waals surface area (Å²) in [6.45, 7) is 0. The third kappa shape index (κ3) is 6.28. The molecule has 0 fully saturated rings. The summed E-state index contributed by atoms with van der Waals surface area (Å²) in [7, 11) is -3.57. The molecule has 0 saturated heterocycles. The van der Waals surface area contributed by atoms with E-state index < -0.39 is 27.8 Å². The van der Waals surface area contributed by atoms with Crippen molar-refractivity contribution < 1.29 is 17.6 Å². The molecule has 2 aromatic carbocycles. The van der Waals surface area contributed by atoms with E-state index in [1.807, 2.05) is 0 Å². The molecule has 1 amide bonds. The Balaban J connectivity index is 2.16. The number of halogens is 3. The lowest BCUT2D eigenvalue weighted by atomic mass is 10.0. The molecule has 2 aromatic rings. The highest BCUT2D eigenvalue weighted by molar-refractivity contribution is 7.88. The lowest BCUT2D eigenvalue weighted by Gasteiger charge is -2.18. The van der Waals surface area contributed by atoms with Gasteiger partial charge in [-0.15, -0.1) is 0 Å². The number of carbonyl (C=O) groups excluding carboxylic acids is 1. The molecule has 134 valence electrons. The highest BCUT2D eigenvalue weighted by Gasteiger charge is 2.20. The van der Waals surface area contributed by atoms with Gasteiger partial charge in [0.15, 0.2) is 0 Å². The van der Waals surface area contributed by atoms with Gasteiger partial charge in [-0.25, -0.2) is 17.5 Å². The van der Waals surface area contributed by atoms with E-state index >= 15 is 0 Å². The van der Waals surface area contributed by atoms with Crippen LogP contribution in [0.15, 0.2) is 42.5 Å². The molecule has 0 bridgehead atoms. The van der Waals surface area contributed by atoms with Crippen molar-refractivity contribution in [2.75, 3.05) is 11.6 Å². The Hall–Kier alpha value is -1.67. The largest absolute Gasteiger partial charge is 0.326 e. The lowest BCUT2D eigenvalue weighted by Crippen LogP contribution is -2.30. The number of rotatable bonds is 6. The molecule has 0 saturated carbocycles. The van der Waals surface area contributed by atoms with E-state index in [0.717, 1.165) is 6.26 Å². The molecule has 1 atom stereocenters. The van der Waals surface area contributed by atoms with Crippen LogP contribution >= 0.6 is 23.2 Å². The molecule has 9 heteroatoms. The summed E-state index contributed by atoms with van der Waals surface area (Å²) in [5, 5.41) is 3.25. The van der Waals surface area contributed by atoms with Crippen LogP contribution in [0.5, 0.6) is 0 Å². The second kappa shape index (κ2) is 8.14. The number of nitrogens with one attached hydrogen (secondary N) is 2. The number of hydrogen-bond acceptors (Lipinski definition) is 3. The summed E-state index contributed by atoms with van der Waals surface area (Å²) in [5.41, 5.74) is 0.896. The Morgan fingerprint density at radius 3 is 2.32 bits per heavy atom. The van der Waals surface area contributed by atoms with Crippen LogP contribution in [0.25, 0.3) is 0 Å². The highest BCUT2D eigenvalue weighted by atomic mass is 35.5. The fourth-order valence-corrected chi connectivity index (χ4v) is 3.19. The van der Waals surface area contributed by atoms with Crippen molar-refractivity contribution in [3.05, 3.63) is 63.9 Å². The zero-order valence-corrected chi connectivity index (χ0v) is 15.4. The van der Waals surface area contributed by atoms with Crippen molar-refractivity contribution in [3.63, 3.8) is 0 Å². The molecule has 5 nitrogen and oxygen atoms in total. The fourth-order valence-electron chi connectivity index (χ4n) is 2.15. The summed E-state index contributed by atoms with van der Waals surface area (Å²) in [4.78, 5) is 12.2. The molecular formula is C16H15Cl2FN2O3S. The maximum atomic E-state index is 13.1. The first kappa shape index (κ1) is 19.7. The normalized spacial score (nSPS) is 12.6. The number of carbonyl (C=O) groups is 1. The van der Waals surface area contributed by atoms with Crippen molar-refractivity contribution in [2.45, 2.75) is 12.5 Å². The monoisotopic (exact) mass is 404 g/mol. The quantitative estimate of drug-likeness (QED) is 0.769. The lowest BCUT2D eigenvalue weighted by molar-refractivity contribution is -0.116. The summed E-state index contributed by atoms with van der Waals surface area (Å²) in [6.07, 6.45) is 0.805. The number of amides is 1. The van der Waals surface area contributed by atoms with Crippen molar-refractivity contribution >= 4 is 44.8 Å². The van der Waals surface area contributed by atoms with Crippen LogP contribution in [-0.2, 0) is 14.8 Å². The zero-order chi connectivity index (χ0) is 18.6. The van der Waals surface area contributed by atoms with Gasteiger partial charge in [0.25, 0.3) is 0 Å². The molecule has 2 rings (SSSR count). The van der Waals surface area contributed by atoms with Crippen molar-refractivity contribution in [2.24, 2.45) is 0 Å². The standard InChI is InChI=1S/C16H15Cl2FN2O3S/c1-25(23,24)21-15(10-2-4-11(19)5-3-10)9-16(22)20-12-6-7-13(17)14(18)8-12/h2-8,15,21H,9H2,1H3,(H,20,22)/t15-/m0/s1. The summed E-state index contributed by atoms with van der Waals surface area (Å²) in [5.74, 6) is -0.897. The highest BCUT2D eigenvalue weighted by Crippen LogP contribution is 2.26. The van der Waals surface area contributed by atoms with Crippen LogP contribution in [0.2, 0.25) is 10.0 Å². The van der Waals surface area contributed by atoms with Crippen LogP contribution < -0.4 is 10.0 Å². The van der Waals surface area contributed by atoms with Gasteiger partial charge in [0, 0.05) is 12.1 Å². The van der Waals surface area contributed by atoms with E-state index in [1.165, 1.54) is 36.4 Å². The molecule has 0 aromatic heterocycles. The molecule has 0 aliphatic heterocycles. The smallest absolute Gasteiger partial charge is 0.226 e. The summed E-state index contributed by atoms with van der Waals surface area (Å²) >= 11 is 11.7. The predicted octanol–water partition coefficient (Wildman–Crippen LogP) is 3.75. The Labute approximate surface area is 155 Å². The molecule has 0 aliphatic carbocycles. The fraction of sp³-hybridized carbons (Fsp3) is 0.188. The minimum absolute atomic E-state index is 0.182. The topological polar surface area (TPSA) is 75.3 Å². The van der Waals surface area contributed by atoms with Gasteiger partial charge >= 0.3 is 0 Å². The first-order chi connectivity index (χ1) is 11.6. The van der Waals surface area contributed by atoms with Gasteiger partial charge in [-0.05, 0) is 35.9 Å². The molecule has 0 aliphatic rings. The van der Waals surface area contributed by atoms with Crippen LogP contribution in [0.4, 0.5) is 10.1 Å². The van der Waals surface area contributed by atoms with Crippen molar-refractivity contribution in [1.82, 2.24) is 4.72 Å². The Morgan fingerprint density at radius 2 is 1.76 bits per heavy atom. The van der Waals surface area contributed by atoms with Gasteiger partial charge in [-0.3, -0.25) is 4.79 Å². The van der Waals surface area contributed by atoms with Crippen LogP contribution in [0.1, 0.15) is 18.0 Å². The molecule has 25 heavy (non-hydrogen) atoms. The minimum atomic E-state index is -3.57. The molecule has 2 N–H and O–H groups in total. The van der Waals surface area contributed by atoms with Crippen molar-refractivity contribution in [1.29, 1.82) is 0 Å². The first-order valence-corrected chi connectivity index (χ1v) is 9.76. The van der Waals surface area contributed by atoms with Crippen LogP contribution in [-0.4, -0.2) is 20.6 Å². The van der Waals surface area contributed by atoms with E-state index in [0.29, 0.717) is 16.3 Å². The Kier molecular flexibility index (Phi) is 6.40. The number of benzene rings is 2. The van der Waals surface area contributed by atoms with Gasteiger partial charge < -0.3 is 5.32 Å². The number of hydrogen-bond donors (Lipinski definition) is 2. The minimum Gasteiger partial charge on any atom is -0.326 e. The van der Waals surface area contributed by atoms with Gasteiger partial charge in [0.1, 0.15) is 5.82 Å². The van der Waals surface area contributed by atoms with E-state index in [1.54, 1.807) is 6.07 Å². The van der Waals surface area contributed by atoms with Gasteiger partial charge in [0.05, 0.1) is 22.3 Å². The predicted molar refractivity (Wildman–Crippen MR) is 96.8 cm³/mol. The average molecular weight is 405 g/mol. The zero-order valence-electron chi connectivity index (χ0n) is 13.1. The SMILES string of the molecule is CS(=O)(=O)N[C@@H](CC(=O)Nc1ccc(Cl)c(Cl)c1)c1ccc(F)cc1. The Morgan fingerprint density at radius 1 is 1.12 bits per heavy atom. The second-order valence-corrected chi connectivity index (χ2v) is 7.97. The first-order valence-electron chi connectivity index (χ1n) is 7.12. The maximum Gasteiger partial charge on any atom is 0.226 e. The third-order valence-corrected chi connectivity index (χ3v) is 4.67. The van der Waals surface area contributed by atoms with E-state index in [2.05, 4.69) is 10.0 Å². The van der Waals surface area contributed by atoms with E-state index in [4.69, 9.17) is 23.2 Å². The molecule has 0 unspecified atom stereocenters. The third-order valence-electron chi connectivity index (χ3n) is 3.22. The van der Waals surface area contributed by atoms with Gasteiger partial charge in [-0.1, -0.05) is 35.3 Å². The summed E-state index contributed by atoms with van der Waals surface area (Å²) < 4.78 is 38.5. The van der Waals surface area contributed by atoms with E-state index in [-0.39, 0.29) is 11.4 Å². The van der Waals surface area contributed by atoms with Gasteiger partial charge in [-0.2, -0.15) is 0 Å². The van der Waals surface area contributed by atoms with Crippen LogP contribution in [0, 0.1) is 5.82 Å². The molecule has 0 radical (unpaired) electrons. The second-order valence-electron chi connectivity index (χ2n) is 5.38. The number of anilines is 1. The van der Waals surface area contributed by atoms with E-state index in [9.17, 15) is 17.6 Å². The molecule has 0 spiro atoms. The molecular weight excluding hydrogens is 390 g/mol. The van der Waals surface area contributed by atoms with Crippen molar-refractivity contribution in [3.8, 4) is 0 Å². The summed E-state index contributed by atoms with van der Waals surface area (Å²) in [6, 6.07) is 8.99. The maximum absolute atomic E-state index is 13.1. The molecule has 0 heterocycles. The Bertz CT molecular complexity index is 873. The van der Waals surface area contributed by atoms with Crippen LogP contribution in [0.3, 0.4) is 0 Å². The average Bonchev–Trinajstić information content (AvgIpc) is 2.49. The number of sulfonamides is 1. The van der Waals surface area contributed by atoms with Gasteiger partial charge in [0.2, 0.25) is 15.9 Å².